The Bertz CT molecular complexity index is 919. The van der Waals surface area contributed by atoms with Gasteiger partial charge in [-0.3, -0.25) is 9.78 Å². The number of carbonyl (C=O) groups is 1. The van der Waals surface area contributed by atoms with Gasteiger partial charge in [-0.1, -0.05) is 48.5 Å². The van der Waals surface area contributed by atoms with E-state index in [4.69, 9.17) is 0 Å². The molecular formula is C23H20N2O. The second-order valence-electron chi connectivity index (χ2n) is 7.23. The van der Waals surface area contributed by atoms with Gasteiger partial charge in [-0.25, -0.2) is 0 Å². The zero-order valence-corrected chi connectivity index (χ0v) is 14.4. The number of pyridine rings is 1. The van der Waals surface area contributed by atoms with Gasteiger partial charge in [0.1, 0.15) is 0 Å². The Hall–Kier alpha value is -2.94. The van der Waals surface area contributed by atoms with Crippen LogP contribution < -0.4 is 5.32 Å². The van der Waals surface area contributed by atoms with Gasteiger partial charge in [0, 0.05) is 36.3 Å². The molecule has 26 heavy (non-hydrogen) atoms. The molecule has 1 aromatic heterocycles. The first-order valence-electron chi connectivity index (χ1n) is 9.19. The number of benzene rings is 2. The summed E-state index contributed by atoms with van der Waals surface area (Å²) in [5, 5.41) is 3.15. The number of fused-ring (bicyclic) bond motifs is 1. The second kappa shape index (κ2) is 6.10. The summed E-state index contributed by atoms with van der Waals surface area (Å²) in [7, 11) is 0. The van der Waals surface area contributed by atoms with Gasteiger partial charge in [0.25, 0.3) is 5.91 Å². The lowest BCUT2D eigenvalue weighted by molar-refractivity contribution is 0.0943. The Kier molecular flexibility index (Phi) is 3.59. The predicted molar refractivity (Wildman–Crippen MR) is 101 cm³/mol. The van der Waals surface area contributed by atoms with E-state index < -0.39 is 0 Å². The fraction of sp³-hybridized carbons (Fsp3) is 0.217. The molecule has 0 unspecified atom stereocenters. The molecule has 0 saturated heterocycles. The van der Waals surface area contributed by atoms with Gasteiger partial charge in [0.15, 0.2) is 0 Å². The van der Waals surface area contributed by atoms with Crippen LogP contribution in [0.15, 0.2) is 73.1 Å². The van der Waals surface area contributed by atoms with Crippen molar-refractivity contribution >= 4 is 5.91 Å². The first kappa shape index (κ1) is 15.3. The molecule has 0 saturated carbocycles. The molecular weight excluding hydrogens is 320 g/mol. The molecule has 3 heteroatoms. The normalized spacial score (nSPS) is 22.4. The third kappa shape index (κ3) is 2.35. The summed E-state index contributed by atoms with van der Waals surface area (Å²) in [5.74, 6) is 1.21. The van der Waals surface area contributed by atoms with Gasteiger partial charge in [0.2, 0.25) is 0 Å². The van der Waals surface area contributed by atoms with E-state index in [0.717, 1.165) is 6.42 Å². The fourth-order valence-electron chi connectivity index (χ4n) is 4.79. The van der Waals surface area contributed by atoms with Gasteiger partial charge in [-0.2, -0.15) is 0 Å². The Labute approximate surface area is 153 Å². The van der Waals surface area contributed by atoms with Crippen molar-refractivity contribution in [3.8, 4) is 0 Å². The second-order valence-corrected chi connectivity index (χ2v) is 7.23. The van der Waals surface area contributed by atoms with E-state index in [2.05, 4.69) is 58.8 Å². The van der Waals surface area contributed by atoms with Crippen molar-refractivity contribution in [2.45, 2.75) is 18.3 Å². The molecule has 1 amide bonds. The quantitative estimate of drug-likeness (QED) is 0.780. The summed E-state index contributed by atoms with van der Waals surface area (Å²) in [6.45, 7) is 0.699. The van der Waals surface area contributed by atoms with Crippen molar-refractivity contribution in [2.75, 3.05) is 6.54 Å². The summed E-state index contributed by atoms with van der Waals surface area (Å²) in [5.41, 5.74) is 6.47. The van der Waals surface area contributed by atoms with Crippen LogP contribution in [0.25, 0.3) is 0 Å². The first-order chi connectivity index (χ1) is 12.8. The maximum absolute atomic E-state index is 12.4. The van der Waals surface area contributed by atoms with Gasteiger partial charge in [-0.05, 0) is 46.7 Å². The molecule has 3 aliphatic carbocycles. The van der Waals surface area contributed by atoms with E-state index in [1.54, 1.807) is 24.5 Å². The fourth-order valence-corrected chi connectivity index (χ4v) is 4.79. The van der Waals surface area contributed by atoms with E-state index in [9.17, 15) is 4.79 Å². The maximum atomic E-state index is 12.4. The lowest BCUT2D eigenvalue weighted by atomic mass is 9.59. The molecule has 3 aromatic rings. The Morgan fingerprint density at radius 2 is 1.46 bits per heavy atom. The van der Waals surface area contributed by atoms with Crippen molar-refractivity contribution in [3.05, 3.63) is 101 Å². The van der Waals surface area contributed by atoms with E-state index in [-0.39, 0.29) is 5.91 Å². The summed E-state index contributed by atoms with van der Waals surface area (Å²) >= 11 is 0. The predicted octanol–water partition coefficient (Wildman–Crippen LogP) is 4.11. The largest absolute Gasteiger partial charge is 0.352 e. The molecule has 128 valence electrons. The number of hydrogen-bond donors (Lipinski definition) is 1. The van der Waals surface area contributed by atoms with Gasteiger partial charge >= 0.3 is 0 Å². The molecule has 6 rings (SSSR count). The molecule has 0 fully saturated rings. The van der Waals surface area contributed by atoms with E-state index in [1.165, 1.54) is 22.3 Å². The lowest BCUT2D eigenvalue weighted by Gasteiger charge is -2.45. The Morgan fingerprint density at radius 1 is 0.885 bits per heavy atom. The van der Waals surface area contributed by atoms with E-state index in [0.29, 0.717) is 29.9 Å². The van der Waals surface area contributed by atoms with Crippen LogP contribution in [-0.4, -0.2) is 17.4 Å². The van der Waals surface area contributed by atoms with Crippen molar-refractivity contribution in [1.82, 2.24) is 10.3 Å². The lowest BCUT2D eigenvalue weighted by Crippen LogP contribution is -2.39. The van der Waals surface area contributed by atoms with Crippen LogP contribution in [-0.2, 0) is 0 Å². The van der Waals surface area contributed by atoms with Crippen LogP contribution in [0.2, 0.25) is 0 Å². The number of carbonyl (C=O) groups excluding carboxylic acids is 1. The Morgan fingerprint density at radius 3 is 2.08 bits per heavy atom. The van der Waals surface area contributed by atoms with E-state index in [1.807, 2.05) is 0 Å². The molecule has 3 nitrogen and oxygen atoms in total. The van der Waals surface area contributed by atoms with Crippen LogP contribution in [0.3, 0.4) is 0 Å². The summed E-state index contributed by atoms with van der Waals surface area (Å²) in [6.07, 6.45) is 4.41. The molecule has 0 aliphatic heterocycles. The molecule has 3 aliphatic rings. The third-order valence-corrected chi connectivity index (χ3v) is 5.89. The number of nitrogens with one attached hydrogen (secondary N) is 1. The molecule has 2 bridgehead atoms. The third-order valence-electron chi connectivity index (χ3n) is 5.89. The monoisotopic (exact) mass is 340 g/mol. The van der Waals surface area contributed by atoms with Crippen molar-refractivity contribution in [2.24, 2.45) is 5.92 Å². The first-order valence-corrected chi connectivity index (χ1v) is 9.19. The highest BCUT2D eigenvalue weighted by Crippen LogP contribution is 2.55. The highest BCUT2D eigenvalue weighted by Gasteiger charge is 2.42. The van der Waals surface area contributed by atoms with Crippen molar-refractivity contribution < 1.29 is 4.79 Å². The van der Waals surface area contributed by atoms with Crippen LogP contribution >= 0.6 is 0 Å². The van der Waals surface area contributed by atoms with Gasteiger partial charge in [-0.15, -0.1) is 0 Å². The van der Waals surface area contributed by atoms with Crippen LogP contribution in [0.1, 0.15) is 50.9 Å². The minimum Gasteiger partial charge on any atom is -0.352 e. The SMILES string of the molecule is O=C(NC[C@H]1CC2c3ccccc3C1c1ccccc12)c1ccncc1. The van der Waals surface area contributed by atoms with Crippen LogP contribution in [0, 0.1) is 5.92 Å². The minimum atomic E-state index is -0.0181. The molecule has 2 aromatic carbocycles. The highest BCUT2D eigenvalue weighted by atomic mass is 16.1. The standard InChI is InChI=1S/C23H20N2O/c26-23(15-9-11-24-12-10-15)25-14-16-13-21-17-5-1-3-7-19(17)22(16)20-8-4-2-6-18(20)21/h1-12,16,21-22H,13-14H2,(H,25,26)/t16-,21?,22?/m1/s1. The maximum Gasteiger partial charge on any atom is 0.251 e. The molecule has 0 spiro atoms. The molecule has 1 heterocycles. The van der Waals surface area contributed by atoms with Crippen molar-refractivity contribution in [3.63, 3.8) is 0 Å². The zero-order valence-electron chi connectivity index (χ0n) is 14.4. The topological polar surface area (TPSA) is 42.0 Å². The smallest absolute Gasteiger partial charge is 0.251 e. The van der Waals surface area contributed by atoms with Gasteiger partial charge in [0.05, 0.1) is 0 Å². The van der Waals surface area contributed by atoms with Crippen LogP contribution in [0.5, 0.6) is 0 Å². The zero-order chi connectivity index (χ0) is 17.5. The molecule has 0 radical (unpaired) electrons. The molecule has 1 atom stereocenters. The molecule has 1 N–H and O–H groups in total. The van der Waals surface area contributed by atoms with Gasteiger partial charge < -0.3 is 5.32 Å². The average Bonchev–Trinajstić information content (AvgIpc) is 2.73. The number of hydrogen-bond acceptors (Lipinski definition) is 2. The number of rotatable bonds is 3. The highest BCUT2D eigenvalue weighted by molar-refractivity contribution is 5.93. The number of aromatic nitrogens is 1. The average molecular weight is 340 g/mol. The summed E-state index contributed by atoms with van der Waals surface area (Å²) in [4.78, 5) is 16.4. The number of amides is 1. The van der Waals surface area contributed by atoms with Crippen molar-refractivity contribution in [1.29, 1.82) is 0 Å². The minimum absolute atomic E-state index is 0.0181. The van der Waals surface area contributed by atoms with E-state index >= 15 is 0 Å². The Balaban J connectivity index is 1.45. The summed E-state index contributed by atoms with van der Waals surface area (Å²) < 4.78 is 0. The summed E-state index contributed by atoms with van der Waals surface area (Å²) in [6, 6.07) is 21.1. The van der Waals surface area contributed by atoms with Crippen LogP contribution in [0.4, 0.5) is 0 Å². The number of nitrogens with zero attached hydrogens (tertiary/aromatic N) is 1.